The van der Waals surface area contributed by atoms with Crippen LogP contribution in [0.1, 0.15) is 0 Å². The van der Waals surface area contributed by atoms with E-state index in [4.69, 9.17) is 52.6 Å². The number of rotatable bonds is 0. The average molecular weight is 617 g/mol. The van der Waals surface area contributed by atoms with Gasteiger partial charge in [0.15, 0.2) is 0 Å². The first-order valence-corrected chi connectivity index (χ1v) is 6.00. The van der Waals surface area contributed by atoms with Crippen LogP contribution >= 0.6 is 0 Å². The van der Waals surface area contributed by atoms with Gasteiger partial charge in [0, 0.05) is 58.5 Å². The first-order chi connectivity index (χ1) is 6.00. The summed E-state index contributed by atoms with van der Waals surface area (Å²) in [6.45, 7) is 0. The molecule has 19 heavy (non-hydrogen) atoms. The minimum Gasteiger partial charge on any atom is -0.759 e. The molecule has 19 heteroatoms. The van der Waals surface area contributed by atoms with E-state index in [1.54, 1.807) is 0 Å². The summed E-state index contributed by atoms with van der Waals surface area (Å²) in [5.41, 5.74) is 0. The predicted molar refractivity (Wildman–Crippen MR) is 40.8 cm³/mol. The molecule has 0 unspecified atom stereocenters. The van der Waals surface area contributed by atoms with E-state index < -0.39 is 31.2 Å². The van der Waals surface area contributed by atoms with Crippen molar-refractivity contribution in [3.05, 3.63) is 0 Å². The van der Waals surface area contributed by atoms with Crippen LogP contribution in [0.4, 0.5) is 0 Å². The van der Waals surface area contributed by atoms with E-state index in [0.717, 1.165) is 0 Å². The van der Waals surface area contributed by atoms with Crippen LogP contribution in [0, 0.1) is 0 Å². The van der Waals surface area contributed by atoms with Crippen molar-refractivity contribution in [2.24, 2.45) is 0 Å². The molecule has 0 aromatic rings. The molecular formula is H2Cr2O13PbS3. The van der Waals surface area contributed by atoms with Crippen molar-refractivity contribution in [3.8, 4) is 0 Å². The first kappa shape index (κ1) is 42.8. The smallest absolute Gasteiger partial charge is 0.759 e. The monoisotopic (exact) mass is 618 g/mol. The molecule has 0 atom stereocenters. The van der Waals surface area contributed by atoms with Crippen LogP contribution in [-0.4, -0.2) is 85.3 Å². The van der Waals surface area contributed by atoms with E-state index in [2.05, 4.69) is 0 Å². The van der Waals surface area contributed by atoms with Gasteiger partial charge in [0.05, 0.1) is 0 Å². The zero-order valence-electron chi connectivity index (χ0n) is 7.94. The van der Waals surface area contributed by atoms with Crippen molar-refractivity contribution in [1.29, 1.82) is 0 Å². The Morgan fingerprint density at radius 1 is 0.474 bits per heavy atom. The van der Waals surface area contributed by atoms with E-state index in [9.17, 15) is 0 Å². The van der Waals surface area contributed by atoms with Gasteiger partial charge in [-0.15, -0.1) is 0 Å². The summed E-state index contributed by atoms with van der Waals surface area (Å²) in [5, 5.41) is 0. The summed E-state index contributed by atoms with van der Waals surface area (Å²) in [6.07, 6.45) is 0. The van der Waals surface area contributed by atoms with Crippen molar-refractivity contribution < 1.29 is 92.8 Å². The fourth-order valence-corrected chi connectivity index (χ4v) is 0. The second kappa shape index (κ2) is 17.6. The maximum absolute atomic E-state index is 8.52. The van der Waals surface area contributed by atoms with Crippen LogP contribution in [0.2, 0.25) is 0 Å². The Labute approximate surface area is 150 Å². The van der Waals surface area contributed by atoms with E-state index >= 15 is 0 Å². The molecule has 0 amide bonds. The summed E-state index contributed by atoms with van der Waals surface area (Å²) in [5.74, 6) is 0. The second-order valence-electron chi connectivity index (χ2n) is 1.22. The Balaban J connectivity index is -0.0000000206. The van der Waals surface area contributed by atoms with E-state index in [1.807, 2.05) is 0 Å². The molecule has 0 aliphatic heterocycles. The molecule has 0 fully saturated rings. The van der Waals surface area contributed by atoms with Crippen molar-refractivity contribution in [2.45, 2.75) is 0 Å². The average Bonchev–Trinajstić information content (AvgIpc) is 1.41. The quantitative estimate of drug-likeness (QED) is 0.140. The molecule has 2 N–H and O–H groups in total. The van der Waals surface area contributed by atoms with Crippen molar-refractivity contribution >= 4 is 58.5 Å². The summed E-state index contributed by atoms with van der Waals surface area (Å²) in [7, 11) is -15.5. The number of hydrogen-bond donors (Lipinski definition) is 0. The van der Waals surface area contributed by atoms with Gasteiger partial charge in [-0.3, -0.25) is 25.3 Å². The Kier molecular flexibility index (Phi) is 39.6. The molecule has 0 aliphatic carbocycles. The van der Waals surface area contributed by atoms with E-state index in [1.165, 1.54) is 0 Å². The van der Waals surface area contributed by atoms with Crippen LogP contribution in [0.15, 0.2) is 0 Å². The fourth-order valence-electron chi connectivity index (χ4n) is 0. The summed E-state index contributed by atoms with van der Waals surface area (Å²) < 4.78 is 102. The van der Waals surface area contributed by atoms with Crippen molar-refractivity contribution in [2.75, 3.05) is 0 Å². The molecule has 6 radical (unpaired) electrons. The molecular weight excluding hydrogens is 615 g/mol. The maximum Gasteiger partial charge on any atom is 3.00 e. The molecule has 0 rings (SSSR count). The topological polar surface area (TPSA) is 272 Å². The molecule has 0 saturated heterocycles. The van der Waals surface area contributed by atoms with Gasteiger partial charge in [-0.1, -0.05) is 0 Å². The van der Waals surface area contributed by atoms with Gasteiger partial charge in [-0.05, 0) is 0 Å². The van der Waals surface area contributed by atoms with Gasteiger partial charge in [-0.25, -0.2) is 0 Å². The first-order valence-electron chi connectivity index (χ1n) is 2.00. The third-order valence-electron chi connectivity index (χ3n) is 0. The van der Waals surface area contributed by atoms with Gasteiger partial charge < -0.3 is 32.8 Å². The van der Waals surface area contributed by atoms with E-state index in [0.29, 0.717) is 0 Å². The molecule has 0 saturated carbocycles. The largest absolute Gasteiger partial charge is 3.00 e. The Hall–Kier alpha value is 1.56. The van der Waals surface area contributed by atoms with Gasteiger partial charge in [0.25, 0.3) is 0 Å². The fraction of sp³-hybridized carbons (Fsp3) is 0. The number of hydrogen-bond acceptors (Lipinski definition) is 12. The SMILES string of the molecule is O.O=S(=O)([O-])[O-].O=S(=O)([O-])[O-].O=S(=O)([O-])[O-].[Cr+3].[Cr+3].[Pb]. The molecule has 0 spiro atoms. The van der Waals surface area contributed by atoms with Crippen LogP contribution in [0.3, 0.4) is 0 Å². The minimum absolute atomic E-state index is 0. The molecule has 13 nitrogen and oxygen atoms in total. The van der Waals surface area contributed by atoms with Gasteiger partial charge >= 0.3 is 34.7 Å². The predicted octanol–water partition coefficient (Wildman–Crippen LogP) is -5.22. The van der Waals surface area contributed by atoms with Gasteiger partial charge in [0.1, 0.15) is 0 Å². The summed E-state index contributed by atoms with van der Waals surface area (Å²) in [4.78, 5) is 0. The summed E-state index contributed by atoms with van der Waals surface area (Å²) >= 11 is 0. The van der Waals surface area contributed by atoms with Gasteiger partial charge in [0.2, 0.25) is 0 Å². The van der Waals surface area contributed by atoms with Crippen LogP contribution in [-0.2, 0) is 65.9 Å². The Bertz CT molecular complexity index is 347. The standard InChI is InChI=1S/2Cr.3H2O4S.H2O.Pb/c;;3*1-5(2,3)4;;/h;;3*(H2,1,2,3,4);1H2;/q2*+3;;;;;/p-6. The van der Waals surface area contributed by atoms with Crippen LogP contribution in [0.5, 0.6) is 0 Å². The summed E-state index contributed by atoms with van der Waals surface area (Å²) in [6, 6.07) is 0. The van der Waals surface area contributed by atoms with Crippen LogP contribution < -0.4 is 0 Å². The molecule has 0 aromatic heterocycles. The van der Waals surface area contributed by atoms with Crippen molar-refractivity contribution in [1.82, 2.24) is 0 Å². The molecule has 0 aromatic carbocycles. The molecule has 0 aliphatic rings. The molecule has 114 valence electrons. The third kappa shape index (κ3) is 2490. The van der Waals surface area contributed by atoms with Crippen molar-refractivity contribution in [3.63, 3.8) is 0 Å². The van der Waals surface area contributed by atoms with Crippen LogP contribution in [0.25, 0.3) is 0 Å². The molecule has 0 bridgehead atoms. The van der Waals surface area contributed by atoms with Gasteiger partial charge in [-0.2, -0.15) is 0 Å². The van der Waals surface area contributed by atoms with E-state index in [-0.39, 0.29) is 67.5 Å². The second-order valence-corrected chi connectivity index (χ2v) is 3.67. The minimum atomic E-state index is -5.17. The molecule has 0 heterocycles. The maximum atomic E-state index is 8.52. The normalized spacial score (nSPS) is 9.16. The Morgan fingerprint density at radius 3 is 0.474 bits per heavy atom. The third-order valence-corrected chi connectivity index (χ3v) is 0. The Morgan fingerprint density at radius 2 is 0.474 bits per heavy atom. The zero-order valence-corrected chi connectivity index (χ0v) is 16.8. The zero-order chi connectivity index (χ0) is 13.5.